The Morgan fingerprint density at radius 2 is 2.28 bits per heavy atom. The first-order chi connectivity index (χ1) is 8.39. The van der Waals surface area contributed by atoms with Crippen LogP contribution in [0.3, 0.4) is 0 Å². The molecule has 1 aromatic rings. The molecule has 1 saturated heterocycles. The molecule has 1 fully saturated rings. The van der Waals surface area contributed by atoms with Crippen molar-refractivity contribution in [2.75, 3.05) is 18.0 Å². The highest BCUT2D eigenvalue weighted by molar-refractivity contribution is 6.33. The van der Waals surface area contributed by atoms with Crippen LogP contribution in [0, 0.1) is 15.5 Å². The van der Waals surface area contributed by atoms with Crippen LogP contribution in [0.4, 0.5) is 11.5 Å². The molecule has 0 saturated carbocycles. The van der Waals surface area contributed by atoms with E-state index in [1.807, 2.05) is 0 Å². The van der Waals surface area contributed by atoms with Gasteiger partial charge in [0.1, 0.15) is 12.0 Å². The summed E-state index contributed by atoms with van der Waals surface area (Å²) >= 11 is 6.09. The number of pyridine rings is 1. The Bertz CT molecular complexity index is 476. The van der Waals surface area contributed by atoms with Gasteiger partial charge < -0.3 is 4.90 Å². The topological polar surface area (TPSA) is 59.3 Å². The normalized spacial score (nSPS) is 18.7. The molecule has 0 amide bonds. The maximum Gasteiger partial charge on any atom is 0.289 e. The van der Waals surface area contributed by atoms with E-state index in [0.29, 0.717) is 10.8 Å². The number of rotatable bonds is 2. The summed E-state index contributed by atoms with van der Waals surface area (Å²) in [7, 11) is 0. The monoisotopic (exact) mass is 269 g/mol. The van der Waals surface area contributed by atoms with Crippen molar-refractivity contribution in [3.8, 4) is 0 Å². The summed E-state index contributed by atoms with van der Waals surface area (Å²) in [4.78, 5) is 16.4. The maximum absolute atomic E-state index is 10.6. The predicted molar refractivity (Wildman–Crippen MR) is 71.1 cm³/mol. The lowest BCUT2D eigenvalue weighted by atomic mass is 9.84. The Morgan fingerprint density at radius 3 is 2.83 bits per heavy atom. The van der Waals surface area contributed by atoms with Crippen molar-refractivity contribution < 1.29 is 4.92 Å². The minimum atomic E-state index is -0.483. The van der Waals surface area contributed by atoms with Gasteiger partial charge in [-0.1, -0.05) is 25.4 Å². The molecule has 1 aliphatic rings. The van der Waals surface area contributed by atoms with Crippen LogP contribution in [0.5, 0.6) is 0 Å². The second-order valence-corrected chi connectivity index (χ2v) is 5.85. The van der Waals surface area contributed by atoms with E-state index in [1.165, 1.54) is 18.7 Å². The number of nitrogens with zero attached hydrogens (tertiary/aromatic N) is 3. The van der Waals surface area contributed by atoms with Gasteiger partial charge in [0, 0.05) is 19.2 Å². The molecule has 0 bridgehead atoms. The molecule has 0 radical (unpaired) electrons. The van der Waals surface area contributed by atoms with E-state index in [0.717, 1.165) is 19.5 Å². The lowest BCUT2D eigenvalue weighted by Gasteiger charge is -2.38. The predicted octanol–water partition coefficient (Wildman–Crippen LogP) is 3.27. The quantitative estimate of drug-likeness (QED) is 0.611. The van der Waals surface area contributed by atoms with Crippen LogP contribution in [-0.4, -0.2) is 23.0 Å². The molecule has 1 aromatic heterocycles. The Balaban J connectivity index is 2.26. The molecular weight excluding hydrogens is 254 g/mol. The zero-order valence-electron chi connectivity index (χ0n) is 10.5. The van der Waals surface area contributed by atoms with Crippen molar-refractivity contribution in [2.24, 2.45) is 5.41 Å². The molecule has 6 heteroatoms. The highest BCUT2D eigenvalue weighted by Gasteiger charge is 2.28. The number of nitro groups is 1. The number of hydrogen-bond donors (Lipinski definition) is 0. The zero-order valence-corrected chi connectivity index (χ0v) is 11.3. The third-order valence-electron chi connectivity index (χ3n) is 3.22. The summed E-state index contributed by atoms with van der Waals surface area (Å²) in [6.45, 7) is 6.18. The lowest BCUT2D eigenvalue weighted by molar-refractivity contribution is -0.385. The number of halogens is 1. The van der Waals surface area contributed by atoms with Crippen LogP contribution >= 0.6 is 11.6 Å². The van der Waals surface area contributed by atoms with Crippen LogP contribution in [0.25, 0.3) is 0 Å². The second-order valence-electron chi connectivity index (χ2n) is 5.45. The van der Waals surface area contributed by atoms with Crippen molar-refractivity contribution in [3.05, 3.63) is 27.4 Å². The molecule has 98 valence electrons. The molecule has 0 aliphatic carbocycles. The van der Waals surface area contributed by atoms with E-state index in [1.54, 1.807) is 0 Å². The van der Waals surface area contributed by atoms with Gasteiger partial charge in [-0.2, -0.15) is 0 Å². The number of hydrogen-bond acceptors (Lipinski definition) is 4. The Morgan fingerprint density at radius 1 is 1.56 bits per heavy atom. The molecule has 0 atom stereocenters. The first-order valence-electron chi connectivity index (χ1n) is 5.94. The number of aromatic nitrogens is 1. The third-order valence-corrected chi connectivity index (χ3v) is 3.50. The fourth-order valence-electron chi connectivity index (χ4n) is 2.36. The molecule has 1 aliphatic heterocycles. The van der Waals surface area contributed by atoms with Crippen LogP contribution in [-0.2, 0) is 0 Å². The summed E-state index contributed by atoms with van der Waals surface area (Å²) in [5, 5.41) is 11.0. The maximum atomic E-state index is 10.6. The van der Waals surface area contributed by atoms with Gasteiger partial charge in [-0.15, -0.1) is 0 Å². The van der Waals surface area contributed by atoms with Crippen molar-refractivity contribution >= 4 is 23.1 Å². The van der Waals surface area contributed by atoms with Gasteiger partial charge in [-0.3, -0.25) is 10.1 Å². The van der Waals surface area contributed by atoms with Gasteiger partial charge in [0.2, 0.25) is 0 Å². The summed E-state index contributed by atoms with van der Waals surface area (Å²) < 4.78 is 0. The Labute approximate surface area is 111 Å². The minimum absolute atomic E-state index is 0.0694. The fourth-order valence-corrected chi connectivity index (χ4v) is 2.64. The van der Waals surface area contributed by atoms with Crippen molar-refractivity contribution in [1.82, 2.24) is 4.98 Å². The van der Waals surface area contributed by atoms with Crippen LogP contribution in [0.15, 0.2) is 12.3 Å². The Hall–Kier alpha value is -1.36. The van der Waals surface area contributed by atoms with Gasteiger partial charge in [-0.25, -0.2) is 4.98 Å². The third kappa shape index (κ3) is 2.72. The van der Waals surface area contributed by atoms with E-state index >= 15 is 0 Å². The van der Waals surface area contributed by atoms with Crippen molar-refractivity contribution in [3.63, 3.8) is 0 Å². The van der Waals surface area contributed by atoms with Gasteiger partial charge in [-0.05, 0) is 18.3 Å². The van der Waals surface area contributed by atoms with Crippen molar-refractivity contribution in [1.29, 1.82) is 0 Å². The minimum Gasteiger partial charge on any atom is -0.355 e. The van der Waals surface area contributed by atoms with Crippen LogP contribution in [0.2, 0.25) is 5.02 Å². The largest absolute Gasteiger partial charge is 0.355 e. The molecule has 5 nitrogen and oxygen atoms in total. The van der Waals surface area contributed by atoms with Gasteiger partial charge in [0.25, 0.3) is 5.69 Å². The SMILES string of the molecule is CC1(C)CCCN(c2ncc([N+](=O)[O-])cc2Cl)C1. The summed E-state index contributed by atoms with van der Waals surface area (Å²) in [6, 6.07) is 1.37. The lowest BCUT2D eigenvalue weighted by Crippen LogP contribution is -2.40. The van der Waals surface area contributed by atoms with E-state index in [4.69, 9.17) is 11.6 Å². The van der Waals surface area contributed by atoms with Gasteiger partial charge >= 0.3 is 0 Å². The highest BCUT2D eigenvalue weighted by Crippen LogP contribution is 2.34. The van der Waals surface area contributed by atoms with E-state index in [9.17, 15) is 10.1 Å². The standard InChI is InChI=1S/C12H16ClN3O2/c1-12(2)4-3-5-15(8-12)11-10(13)6-9(7-14-11)16(17)18/h6-7H,3-5,8H2,1-2H3. The molecule has 0 spiro atoms. The average molecular weight is 270 g/mol. The van der Waals surface area contributed by atoms with Crippen LogP contribution < -0.4 is 4.90 Å². The van der Waals surface area contributed by atoms with E-state index in [2.05, 4.69) is 23.7 Å². The second kappa shape index (κ2) is 4.72. The number of anilines is 1. The number of piperidine rings is 1. The van der Waals surface area contributed by atoms with Crippen molar-refractivity contribution in [2.45, 2.75) is 26.7 Å². The summed E-state index contributed by atoms with van der Waals surface area (Å²) in [6.07, 6.45) is 3.53. The smallest absolute Gasteiger partial charge is 0.289 e. The first kappa shape index (κ1) is 13.1. The summed E-state index contributed by atoms with van der Waals surface area (Å²) in [5.41, 5.74) is 0.158. The summed E-state index contributed by atoms with van der Waals surface area (Å²) in [5.74, 6) is 0.648. The van der Waals surface area contributed by atoms with E-state index < -0.39 is 4.92 Å². The average Bonchev–Trinajstić information content (AvgIpc) is 2.27. The molecule has 2 rings (SSSR count). The first-order valence-corrected chi connectivity index (χ1v) is 6.32. The Kier molecular flexibility index (Phi) is 3.43. The molecular formula is C12H16ClN3O2. The van der Waals surface area contributed by atoms with Crippen LogP contribution in [0.1, 0.15) is 26.7 Å². The van der Waals surface area contributed by atoms with E-state index in [-0.39, 0.29) is 11.1 Å². The zero-order chi connectivity index (χ0) is 13.3. The molecule has 0 N–H and O–H groups in total. The highest BCUT2D eigenvalue weighted by atomic mass is 35.5. The fraction of sp³-hybridized carbons (Fsp3) is 0.583. The molecule has 0 aromatic carbocycles. The van der Waals surface area contributed by atoms with Gasteiger partial charge in [0.15, 0.2) is 0 Å². The van der Waals surface area contributed by atoms with Gasteiger partial charge in [0.05, 0.1) is 9.95 Å². The molecule has 18 heavy (non-hydrogen) atoms. The molecule has 2 heterocycles. The molecule has 0 unspecified atom stereocenters.